The van der Waals surface area contributed by atoms with Gasteiger partial charge < -0.3 is 16.0 Å². The van der Waals surface area contributed by atoms with Gasteiger partial charge in [-0.2, -0.15) is 4.68 Å². The molecule has 2 heterocycles. The highest BCUT2D eigenvalue weighted by Crippen LogP contribution is 2.15. The number of likely N-dealkylation sites (tertiary alicyclic amines) is 1. The molecule has 0 aliphatic carbocycles. The summed E-state index contributed by atoms with van der Waals surface area (Å²) in [7, 11) is 0. The summed E-state index contributed by atoms with van der Waals surface area (Å²) in [6.07, 6.45) is 2.57. The summed E-state index contributed by atoms with van der Waals surface area (Å²) >= 11 is 0. The molecule has 0 radical (unpaired) electrons. The maximum Gasteiger partial charge on any atom is 0.248 e. The van der Waals surface area contributed by atoms with Crippen LogP contribution in [0.25, 0.3) is 5.69 Å². The molecule has 2 atom stereocenters. The molecule has 8 nitrogen and oxygen atoms in total. The van der Waals surface area contributed by atoms with Crippen LogP contribution in [-0.2, 0) is 4.79 Å². The molecular formula is C16H23N7O. The fourth-order valence-electron chi connectivity index (χ4n) is 2.95. The average Bonchev–Trinajstić information content (AvgIpc) is 3.08. The molecule has 1 saturated heterocycles. The molecule has 1 aromatic heterocycles. The Morgan fingerprint density at radius 2 is 2.21 bits per heavy atom. The molecule has 1 amide bonds. The monoisotopic (exact) mass is 329 g/mol. The number of piperidine rings is 1. The van der Waals surface area contributed by atoms with E-state index < -0.39 is 0 Å². The SMILES string of the molecule is CCC(Nc1nnnn1-c1ccccc1)C(=O)N1CCCC(N)C1. The molecule has 1 fully saturated rings. The maximum atomic E-state index is 12.8. The number of nitrogens with two attached hydrogens (primary N) is 1. The van der Waals surface area contributed by atoms with Crippen LogP contribution in [-0.4, -0.2) is 56.2 Å². The highest BCUT2D eigenvalue weighted by atomic mass is 16.2. The van der Waals surface area contributed by atoms with Crippen molar-refractivity contribution in [2.45, 2.75) is 38.3 Å². The maximum absolute atomic E-state index is 12.8. The van der Waals surface area contributed by atoms with E-state index in [1.165, 1.54) is 0 Å². The van der Waals surface area contributed by atoms with E-state index in [0.717, 1.165) is 25.1 Å². The lowest BCUT2D eigenvalue weighted by Crippen LogP contribution is -2.50. The molecule has 0 bridgehead atoms. The van der Waals surface area contributed by atoms with Crippen LogP contribution in [0.2, 0.25) is 0 Å². The van der Waals surface area contributed by atoms with Crippen molar-refractivity contribution in [3.05, 3.63) is 30.3 Å². The Hall–Kier alpha value is -2.48. The van der Waals surface area contributed by atoms with E-state index in [2.05, 4.69) is 20.8 Å². The van der Waals surface area contributed by atoms with Crippen molar-refractivity contribution in [3.8, 4) is 5.69 Å². The first-order valence-corrected chi connectivity index (χ1v) is 8.33. The number of benzene rings is 1. The van der Waals surface area contributed by atoms with Gasteiger partial charge in [-0.25, -0.2) is 0 Å². The summed E-state index contributed by atoms with van der Waals surface area (Å²) in [4.78, 5) is 14.6. The predicted octanol–water partition coefficient (Wildman–Crippen LogP) is 0.802. The van der Waals surface area contributed by atoms with E-state index >= 15 is 0 Å². The molecule has 1 aromatic carbocycles. The summed E-state index contributed by atoms with van der Waals surface area (Å²) in [5.41, 5.74) is 6.83. The van der Waals surface area contributed by atoms with E-state index in [-0.39, 0.29) is 18.0 Å². The highest BCUT2D eigenvalue weighted by molar-refractivity contribution is 5.84. The van der Waals surface area contributed by atoms with Gasteiger partial charge in [0.2, 0.25) is 11.9 Å². The van der Waals surface area contributed by atoms with Gasteiger partial charge in [0.1, 0.15) is 6.04 Å². The van der Waals surface area contributed by atoms with Crippen molar-refractivity contribution in [2.24, 2.45) is 5.73 Å². The van der Waals surface area contributed by atoms with Crippen LogP contribution in [0.4, 0.5) is 5.95 Å². The van der Waals surface area contributed by atoms with Crippen molar-refractivity contribution in [1.29, 1.82) is 0 Å². The van der Waals surface area contributed by atoms with Crippen LogP contribution in [0.5, 0.6) is 0 Å². The van der Waals surface area contributed by atoms with Crippen LogP contribution in [0, 0.1) is 0 Å². The molecule has 3 rings (SSSR count). The average molecular weight is 329 g/mol. The number of anilines is 1. The third-order valence-corrected chi connectivity index (χ3v) is 4.25. The zero-order chi connectivity index (χ0) is 16.9. The summed E-state index contributed by atoms with van der Waals surface area (Å²) < 4.78 is 1.60. The first kappa shape index (κ1) is 16.4. The van der Waals surface area contributed by atoms with Crippen molar-refractivity contribution < 1.29 is 4.79 Å². The minimum absolute atomic E-state index is 0.0512. The van der Waals surface area contributed by atoms with Gasteiger partial charge in [-0.15, -0.1) is 0 Å². The summed E-state index contributed by atoms with van der Waals surface area (Å²) in [6.45, 7) is 3.34. The first-order valence-electron chi connectivity index (χ1n) is 8.33. The van der Waals surface area contributed by atoms with Gasteiger partial charge in [0, 0.05) is 19.1 Å². The van der Waals surface area contributed by atoms with Crippen LogP contribution in [0.3, 0.4) is 0 Å². The Kier molecular flexibility index (Phi) is 5.05. The van der Waals surface area contributed by atoms with E-state index in [4.69, 9.17) is 5.73 Å². The van der Waals surface area contributed by atoms with E-state index in [1.807, 2.05) is 42.2 Å². The fraction of sp³-hybridized carbons (Fsp3) is 0.500. The zero-order valence-electron chi connectivity index (χ0n) is 13.8. The molecule has 8 heteroatoms. The molecule has 3 N–H and O–H groups in total. The second-order valence-electron chi connectivity index (χ2n) is 6.04. The molecule has 0 spiro atoms. The molecule has 0 saturated carbocycles. The number of tetrazole rings is 1. The topological polar surface area (TPSA) is 102 Å². The third-order valence-electron chi connectivity index (χ3n) is 4.25. The summed E-state index contributed by atoms with van der Waals surface area (Å²) in [5, 5.41) is 14.9. The van der Waals surface area contributed by atoms with Crippen LogP contribution >= 0.6 is 0 Å². The second kappa shape index (κ2) is 7.39. The number of aromatic nitrogens is 4. The third kappa shape index (κ3) is 3.53. The van der Waals surface area contributed by atoms with Crippen molar-refractivity contribution in [1.82, 2.24) is 25.1 Å². The van der Waals surface area contributed by atoms with Gasteiger partial charge in [-0.3, -0.25) is 4.79 Å². The van der Waals surface area contributed by atoms with Crippen molar-refractivity contribution in [2.75, 3.05) is 18.4 Å². The van der Waals surface area contributed by atoms with Gasteiger partial charge in [0.15, 0.2) is 0 Å². The predicted molar refractivity (Wildman–Crippen MR) is 90.6 cm³/mol. The molecule has 128 valence electrons. The highest BCUT2D eigenvalue weighted by Gasteiger charge is 2.28. The van der Waals surface area contributed by atoms with Gasteiger partial charge in [-0.1, -0.05) is 30.2 Å². The molecule has 1 aliphatic rings. The van der Waals surface area contributed by atoms with Crippen LogP contribution < -0.4 is 11.1 Å². The lowest BCUT2D eigenvalue weighted by molar-refractivity contribution is -0.133. The molecule has 2 unspecified atom stereocenters. The minimum Gasteiger partial charge on any atom is -0.341 e. The Morgan fingerprint density at radius 3 is 2.92 bits per heavy atom. The van der Waals surface area contributed by atoms with Gasteiger partial charge >= 0.3 is 0 Å². The number of nitrogens with one attached hydrogen (secondary N) is 1. The van der Waals surface area contributed by atoms with E-state index in [0.29, 0.717) is 18.9 Å². The Morgan fingerprint density at radius 1 is 1.42 bits per heavy atom. The lowest BCUT2D eigenvalue weighted by Gasteiger charge is -2.33. The first-order chi connectivity index (χ1) is 11.7. The number of nitrogens with zero attached hydrogens (tertiary/aromatic N) is 5. The summed E-state index contributed by atoms with van der Waals surface area (Å²) in [5.74, 6) is 0.512. The Labute approximate surface area is 141 Å². The van der Waals surface area contributed by atoms with Gasteiger partial charge in [-0.05, 0) is 41.8 Å². The number of hydrogen-bond donors (Lipinski definition) is 2. The summed E-state index contributed by atoms with van der Waals surface area (Å²) in [6, 6.07) is 9.27. The number of para-hydroxylation sites is 1. The van der Waals surface area contributed by atoms with E-state index in [1.54, 1.807) is 4.68 Å². The number of hydrogen-bond acceptors (Lipinski definition) is 6. The lowest BCUT2D eigenvalue weighted by atomic mass is 10.1. The molecule has 2 aromatic rings. The zero-order valence-corrected chi connectivity index (χ0v) is 13.8. The smallest absolute Gasteiger partial charge is 0.248 e. The Bertz CT molecular complexity index is 672. The second-order valence-corrected chi connectivity index (χ2v) is 6.04. The number of carbonyl (C=O) groups excluding carboxylic acids is 1. The number of amides is 1. The quantitative estimate of drug-likeness (QED) is 0.841. The molecule has 24 heavy (non-hydrogen) atoms. The van der Waals surface area contributed by atoms with Gasteiger partial charge in [0.05, 0.1) is 5.69 Å². The fourth-order valence-corrected chi connectivity index (χ4v) is 2.95. The van der Waals surface area contributed by atoms with Crippen LogP contribution in [0.1, 0.15) is 26.2 Å². The number of rotatable bonds is 5. The standard InChI is InChI=1S/C16H23N7O/c1-2-14(15(24)22-10-6-7-12(17)11-22)18-16-19-20-21-23(16)13-8-4-3-5-9-13/h3-5,8-9,12,14H,2,6-7,10-11,17H2,1H3,(H,18,19,21). The van der Waals surface area contributed by atoms with Crippen molar-refractivity contribution in [3.63, 3.8) is 0 Å². The molecular weight excluding hydrogens is 306 g/mol. The Balaban J connectivity index is 1.74. The largest absolute Gasteiger partial charge is 0.341 e. The van der Waals surface area contributed by atoms with Gasteiger partial charge in [0.25, 0.3) is 0 Å². The molecule has 1 aliphatic heterocycles. The number of carbonyl (C=O) groups is 1. The van der Waals surface area contributed by atoms with Crippen molar-refractivity contribution >= 4 is 11.9 Å². The minimum atomic E-state index is -0.372. The normalized spacial score (nSPS) is 19.1. The van der Waals surface area contributed by atoms with E-state index in [9.17, 15) is 4.79 Å². The van der Waals surface area contributed by atoms with Crippen LogP contribution in [0.15, 0.2) is 30.3 Å².